The normalized spacial score (nSPS) is 15.6. The van der Waals surface area contributed by atoms with E-state index in [1.807, 2.05) is 0 Å². The van der Waals surface area contributed by atoms with Gasteiger partial charge in [0.05, 0.1) is 0 Å². The summed E-state index contributed by atoms with van der Waals surface area (Å²) in [6.45, 7) is 4.36. The molecule has 2 heterocycles. The summed E-state index contributed by atoms with van der Waals surface area (Å²) in [6, 6.07) is 1.68. The Morgan fingerprint density at radius 2 is 2.00 bits per heavy atom. The molecule has 1 aliphatic heterocycles. The van der Waals surface area contributed by atoms with Crippen molar-refractivity contribution in [3.05, 3.63) is 17.5 Å². The van der Waals surface area contributed by atoms with Gasteiger partial charge in [0.2, 0.25) is 5.91 Å². The number of ketones is 1. The molecule has 0 bridgehead atoms. The number of nitrogens with zero attached hydrogens (tertiary/aromatic N) is 2. The topological polar surface area (TPSA) is 92.5 Å². The molecular weight excluding hydrogens is 286 g/mol. The van der Waals surface area contributed by atoms with Gasteiger partial charge in [-0.1, -0.05) is 5.16 Å². The zero-order chi connectivity index (χ0) is 16.1. The van der Waals surface area contributed by atoms with Crippen molar-refractivity contribution < 1.29 is 18.9 Å². The van der Waals surface area contributed by atoms with Crippen molar-refractivity contribution in [2.45, 2.75) is 45.6 Å². The molecule has 2 rings (SSSR count). The molecule has 7 nitrogen and oxygen atoms in total. The molecule has 1 N–H and O–H groups in total. The lowest BCUT2D eigenvalue weighted by Gasteiger charge is -2.31. The minimum absolute atomic E-state index is 0.0125. The number of aryl methyl sites for hydroxylation is 1. The molecule has 1 fully saturated rings. The SMILES string of the molecule is CC(=O)CCC(=O)NC1CCN(C(=O)c2cc(C)on2)CC1. The first-order valence-electron chi connectivity index (χ1n) is 7.47. The van der Waals surface area contributed by atoms with E-state index in [-0.39, 0.29) is 36.5 Å². The van der Waals surface area contributed by atoms with Crippen LogP contribution in [0.1, 0.15) is 48.9 Å². The quantitative estimate of drug-likeness (QED) is 0.878. The highest BCUT2D eigenvalue weighted by atomic mass is 16.5. The fourth-order valence-electron chi connectivity index (χ4n) is 2.45. The van der Waals surface area contributed by atoms with E-state index in [1.165, 1.54) is 6.92 Å². The Balaban J connectivity index is 1.77. The van der Waals surface area contributed by atoms with E-state index in [4.69, 9.17) is 4.52 Å². The van der Waals surface area contributed by atoms with Crippen LogP contribution in [0.4, 0.5) is 0 Å². The van der Waals surface area contributed by atoms with Gasteiger partial charge in [-0.05, 0) is 26.7 Å². The van der Waals surface area contributed by atoms with Gasteiger partial charge in [0, 0.05) is 38.0 Å². The molecule has 0 aromatic carbocycles. The summed E-state index contributed by atoms with van der Waals surface area (Å²) in [6.07, 6.45) is 1.91. The first-order valence-corrected chi connectivity index (χ1v) is 7.47. The number of carbonyl (C=O) groups is 3. The van der Waals surface area contributed by atoms with Gasteiger partial charge < -0.3 is 19.5 Å². The van der Waals surface area contributed by atoms with Gasteiger partial charge in [0.1, 0.15) is 11.5 Å². The smallest absolute Gasteiger partial charge is 0.276 e. The van der Waals surface area contributed by atoms with Crippen molar-refractivity contribution >= 4 is 17.6 Å². The summed E-state index contributed by atoms with van der Waals surface area (Å²) in [5.74, 6) is 0.375. The molecule has 0 atom stereocenters. The van der Waals surface area contributed by atoms with Crippen LogP contribution in [-0.2, 0) is 9.59 Å². The number of likely N-dealkylation sites (tertiary alicyclic amines) is 1. The number of nitrogens with one attached hydrogen (secondary N) is 1. The second-order valence-electron chi connectivity index (χ2n) is 5.66. The third-order valence-electron chi connectivity index (χ3n) is 3.70. The van der Waals surface area contributed by atoms with Gasteiger partial charge in [-0.3, -0.25) is 9.59 Å². The highest BCUT2D eigenvalue weighted by Crippen LogP contribution is 2.14. The number of hydrogen-bond acceptors (Lipinski definition) is 5. The molecule has 0 spiro atoms. The second-order valence-corrected chi connectivity index (χ2v) is 5.66. The highest BCUT2D eigenvalue weighted by Gasteiger charge is 2.26. The number of piperidine rings is 1. The Morgan fingerprint density at radius 1 is 1.32 bits per heavy atom. The maximum absolute atomic E-state index is 12.2. The molecule has 0 unspecified atom stereocenters. The number of Topliss-reactive ketones (excluding diaryl/α,β-unsaturated/α-hetero) is 1. The maximum Gasteiger partial charge on any atom is 0.276 e. The molecule has 1 saturated heterocycles. The maximum atomic E-state index is 12.2. The molecule has 2 amide bonds. The number of hydrogen-bond donors (Lipinski definition) is 1. The van der Waals surface area contributed by atoms with Crippen molar-refractivity contribution in [2.75, 3.05) is 13.1 Å². The lowest BCUT2D eigenvalue weighted by atomic mass is 10.0. The lowest BCUT2D eigenvalue weighted by molar-refractivity contribution is -0.125. The second kappa shape index (κ2) is 7.20. The Morgan fingerprint density at radius 3 is 2.55 bits per heavy atom. The fraction of sp³-hybridized carbons (Fsp3) is 0.600. The van der Waals surface area contributed by atoms with Crippen LogP contribution in [0.3, 0.4) is 0 Å². The molecule has 0 radical (unpaired) electrons. The zero-order valence-electron chi connectivity index (χ0n) is 12.9. The predicted octanol–water partition coefficient (Wildman–Crippen LogP) is 1.07. The fourth-order valence-corrected chi connectivity index (χ4v) is 2.45. The molecule has 0 aliphatic carbocycles. The van der Waals surface area contributed by atoms with Crippen molar-refractivity contribution in [3.63, 3.8) is 0 Å². The third kappa shape index (κ3) is 4.41. The van der Waals surface area contributed by atoms with E-state index < -0.39 is 0 Å². The van der Waals surface area contributed by atoms with Crippen LogP contribution in [0.15, 0.2) is 10.6 Å². The van der Waals surface area contributed by atoms with E-state index in [2.05, 4.69) is 10.5 Å². The summed E-state index contributed by atoms with van der Waals surface area (Å²) in [7, 11) is 0. The monoisotopic (exact) mass is 307 g/mol. The summed E-state index contributed by atoms with van der Waals surface area (Å²) < 4.78 is 4.91. The summed E-state index contributed by atoms with van der Waals surface area (Å²) in [5, 5.41) is 6.65. The van der Waals surface area contributed by atoms with Crippen LogP contribution in [0.25, 0.3) is 0 Å². The van der Waals surface area contributed by atoms with E-state index in [1.54, 1.807) is 17.9 Å². The van der Waals surface area contributed by atoms with Gasteiger partial charge in [-0.15, -0.1) is 0 Å². The largest absolute Gasteiger partial charge is 0.361 e. The van der Waals surface area contributed by atoms with Crippen molar-refractivity contribution in [2.24, 2.45) is 0 Å². The Labute approximate surface area is 129 Å². The molecule has 22 heavy (non-hydrogen) atoms. The Kier molecular flexibility index (Phi) is 5.30. The molecule has 0 saturated carbocycles. The van der Waals surface area contributed by atoms with Gasteiger partial charge >= 0.3 is 0 Å². The Bertz CT molecular complexity index is 559. The van der Waals surface area contributed by atoms with E-state index >= 15 is 0 Å². The van der Waals surface area contributed by atoms with Crippen LogP contribution in [-0.4, -0.2) is 46.8 Å². The minimum atomic E-state index is -0.141. The lowest BCUT2D eigenvalue weighted by Crippen LogP contribution is -2.46. The molecule has 1 aliphatic rings. The summed E-state index contributed by atoms with van der Waals surface area (Å²) in [5.41, 5.74) is 0.321. The van der Waals surface area contributed by atoms with Gasteiger partial charge in [-0.2, -0.15) is 0 Å². The molecule has 120 valence electrons. The van der Waals surface area contributed by atoms with E-state index in [0.29, 0.717) is 37.4 Å². The van der Waals surface area contributed by atoms with Crippen LogP contribution >= 0.6 is 0 Å². The van der Waals surface area contributed by atoms with Crippen LogP contribution in [0.2, 0.25) is 0 Å². The van der Waals surface area contributed by atoms with Crippen LogP contribution in [0, 0.1) is 6.92 Å². The first kappa shape index (κ1) is 16.2. The standard InChI is InChI=1S/C15H21N3O4/c1-10(19)3-4-14(20)16-12-5-7-18(8-6-12)15(21)13-9-11(2)22-17-13/h9,12H,3-8H2,1-2H3,(H,16,20). The average Bonchev–Trinajstić information content (AvgIpc) is 2.92. The zero-order valence-corrected chi connectivity index (χ0v) is 12.9. The predicted molar refractivity (Wildman–Crippen MR) is 78.2 cm³/mol. The highest BCUT2D eigenvalue weighted by molar-refractivity contribution is 5.92. The average molecular weight is 307 g/mol. The molecule has 1 aromatic rings. The van der Waals surface area contributed by atoms with Gasteiger partial charge in [0.25, 0.3) is 5.91 Å². The number of carbonyl (C=O) groups excluding carboxylic acids is 3. The molecule has 1 aromatic heterocycles. The molecule has 7 heteroatoms. The third-order valence-corrected chi connectivity index (χ3v) is 3.70. The van der Waals surface area contributed by atoms with Gasteiger partial charge in [-0.25, -0.2) is 0 Å². The van der Waals surface area contributed by atoms with Crippen LogP contribution < -0.4 is 5.32 Å². The first-order chi connectivity index (χ1) is 10.5. The number of aromatic nitrogens is 1. The number of amides is 2. The van der Waals surface area contributed by atoms with E-state index in [9.17, 15) is 14.4 Å². The Hall–Kier alpha value is -2.18. The van der Waals surface area contributed by atoms with Crippen molar-refractivity contribution in [3.8, 4) is 0 Å². The summed E-state index contributed by atoms with van der Waals surface area (Å²) >= 11 is 0. The summed E-state index contributed by atoms with van der Waals surface area (Å²) in [4.78, 5) is 36.5. The van der Waals surface area contributed by atoms with Crippen molar-refractivity contribution in [1.82, 2.24) is 15.4 Å². The number of rotatable bonds is 5. The van der Waals surface area contributed by atoms with Gasteiger partial charge in [0.15, 0.2) is 5.69 Å². The van der Waals surface area contributed by atoms with Crippen molar-refractivity contribution in [1.29, 1.82) is 0 Å². The van der Waals surface area contributed by atoms with E-state index in [0.717, 1.165) is 0 Å². The van der Waals surface area contributed by atoms with Crippen LogP contribution in [0.5, 0.6) is 0 Å². The molecular formula is C15H21N3O4. The minimum Gasteiger partial charge on any atom is -0.361 e.